The number of rotatable bonds is 2. The van der Waals surface area contributed by atoms with Crippen LogP contribution >= 0.6 is 0 Å². The lowest BCUT2D eigenvalue weighted by molar-refractivity contribution is 0.112. The zero-order chi connectivity index (χ0) is 13.4. The average molecular weight is 252 g/mol. The van der Waals surface area contributed by atoms with Gasteiger partial charge in [0.05, 0.1) is 0 Å². The van der Waals surface area contributed by atoms with Crippen LogP contribution in [0.5, 0.6) is 11.5 Å². The normalized spacial score (nSPS) is 16.8. The molecule has 3 rings (SSSR count). The summed E-state index contributed by atoms with van der Waals surface area (Å²) in [6, 6.07) is 12.2. The third-order valence-electron chi connectivity index (χ3n) is 3.22. The highest BCUT2D eigenvalue weighted by atomic mass is 16.5. The Kier molecular flexibility index (Phi) is 2.60. The molecule has 1 N–H and O–H groups in total. The summed E-state index contributed by atoms with van der Waals surface area (Å²) in [5.41, 5.74) is 3.20. The summed E-state index contributed by atoms with van der Waals surface area (Å²) in [5, 5.41) is 9.47. The number of phenolic OH excluding ortho intramolecular Hbond substituents is 1. The minimum atomic E-state index is -0.309. The number of ether oxygens (including phenoxy) is 1. The van der Waals surface area contributed by atoms with Crippen molar-refractivity contribution in [3.8, 4) is 11.5 Å². The first-order chi connectivity index (χ1) is 9.19. The molecule has 3 heteroatoms. The molecule has 1 heterocycles. The molecule has 0 saturated heterocycles. The van der Waals surface area contributed by atoms with E-state index in [1.807, 2.05) is 12.1 Å². The fourth-order valence-corrected chi connectivity index (χ4v) is 2.28. The summed E-state index contributed by atoms with van der Waals surface area (Å²) in [6.07, 6.45) is 0.497. The van der Waals surface area contributed by atoms with E-state index in [9.17, 15) is 9.90 Å². The molecule has 3 nitrogen and oxygen atoms in total. The molecule has 94 valence electrons. The van der Waals surface area contributed by atoms with Gasteiger partial charge < -0.3 is 9.84 Å². The van der Waals surface area contributed by atoms with Gasteiger partial charge in [-0.3, -0.25) is 4.79 Å². The van der Waals surface area contributed by atoms with Gasteiger partial charge in [-0.1, -0.05) is 24.8 Å². The maximum Gasteiger partial charge on any atom is 0.150 e. The molecule has 2 aromatic carbocycles. The number of hydrogen-bond donors (Lipinski definition) is 1. The maximum absolute atomic E-state index is 10.8. The lowest BCUT2D eigenvalue weighted by atomic mass is 9.98. The second-order valence-corrected chi connectivity index (χ2v) is 4.49. The Balaban J connectivity index is 2.01. The molecule has 0 fully saturated rings. The van der Waals surface area contributed by atoms with Crippen LogP contribution in [0, 0.1) is 0 Å². The average Bonchev–Trinajstić information content (AvgIpc) is 2.75. The van der Waals surface area contributed by atoms with Crippen LogP contribution in [0.1, 0.15) is 27.6 Å². The van der Waals surface area contributed by atoms with Crippen LogP contribution in [0.15, 0.2) is 49.0 Å². The van der Waals surface area contributed by atoms with Crippen molar-refractivity contribution in [1.29, 1.82) is 0 Å². The van der Waals surface area contributed by atoms with Crippen LogP contribution in [-0.4, -0.2) is 11.4 Å². The van der Waals surface area contributed by atoms with Crippen molar-refractivity contribution in [3.05, 3.63) is 65.7 Å². The number of phenols is 1. The van der Waals surface area contributed by atoms with Crippen LogP contribution in [0.25, 0.3) is 5.57 Å². The van der Waals surface area contributed by atoms with Gasteiger partial charge in [-0.25, -0.2) is 0 Å². The van der Waals surface area contributed by atoms with Crippen molar-refractivity contribution in [2.24, 2.45) is 0 Å². The predicted octanol–water partition coefficient (Wildman–Crippen LogP) is 3.35. The molecule has 1 aliphatic rings. The van der Waals surface area contributed by atoms with E-state index >= 15 is 0 Å². The molecular weight excluding hydrogens is 240 g/mol. The lowest BCUT2D eigenvalue weighted by Crippen LogP contribution is -2.02. The van der Waals surface area contributed by atoms with Gasteiger partial charge >= 0.3 is 0 Å². The number of hydrogen-bond acceptors (Lipinski definition) is 3. The highest BCUT2D eigenvalue weighted by molar-refractivity contribution is 5.79. The first-order valence-electron chi connectivity index (χ1n) is 5.93. The molecule has 0 saturated carbocycles. The summed E-state index contributed by atoms with van der Waals surface area (Å²) in [4.78, 5) is 10.8. The molecule has 1 atom stereocenters. The van der Waals surface area contributed by atoms with Gasteiger partial charge in [0.2, 0.25) is 0 Å². The van der Waals surface area contributed by atoms with Crippen molar-refractivity contribution < 1.29 is 14.6 Å². The molecular formula is C16H12O3. The van der Waals surface area contributed by atoms with E-state index in [0.29, 0.717) is 11.3 Å². The summed E-state index contributed by atoms with van der Waals surface area (Å²) in [6.45, 7) is 4.04. The second kappa shape index (κ2) is 4.28. The highest BCUT2D eigenvalue weighted by Crippen LogP contribution is 2.45. The monoisotopic (exact) mass is 252 g/mol. The first-order valence-corrected chi connectivity index (χ1v) is 5.93. The fourth-order valence-electron chi connectivity index (χ4n) is 2.28. The summed E-state index contributed by atoms with van der Waals surface area (Å²) in [7, 11) is 0. The van der Waals surface area contributed by atoms with Crippen molar-refractivity contribution >= 4 is 11.9 Å². The predicted molar refractivity (Wildman–Crippen MR) is 72.3 cm³/mol. The van der Waals surface area contributed by atoms with E-state index < -0.39 is 0 Å². The van der Waals surface area contributed by atoms with E-state index in [4.69, 9.17) is 4.74 Å². The number of benzene rings is 2. The molecule has 1 unspecified atom stereocenters. The van der Waals surface area contributed by atoms with Gasteiger partial charge in [-0.2, -0.15) is 0 Å². The molecule has 0 bridgehead atoms. The highest BCUT2D eigenvalue weighted by Gasteiger charge is 2.28. The lowest BCUT2D eigenvalue weighted by Gasteiger charge is -2.12. The Morgan fingerprint density at radius 3 is 2.84 bits per heavy atom. The van der Waals surface area contributed by atoms with E-state index in [1.54, 1.807) is 30.3 Å². The molecule has 0 aliphatic carbocycles. The largest absolute Gasteiger partial charge is 0.508 e. The molecule has 1 aliphatic heterocycles. The van der Waals surface area contributed by atoms with Crippen molar-refractivity contribution in [3.63, 3.8) is 0 Å². The van der Waals surface area contributed by atoms with Crippen LogP contribution in [0.4, 0.5) is 0 Å². The van der Waals surface area contributed by atoms with Gasteiger partial charge in [-0.05, 0) is 23.8 Å². The van der Waals surface area contributed by atoms with Crippen LogP contribution in [0.3, 0.4) is 0 Å². The molecule has 0 aromatic heterocycles. The molecule has 0 amide bonds. The smallest absolute Gasteiger partial charge is 0.150 e. The number of carbonyl (C=O) groups excluding carboxylic acids is 1. The SMILES string of the molecule is C=C1c2ccc(O)cc2OC1c1cccc(C=O)c1. The topological polar surface area (TPSA) is 46.5 Å². The zero-order valence-electron chi connectivity index (χ0n) is 10.2. The number of carbonyl (C=O) groups is 1. The third kappa shape index (κ3) is 1.89. The Bertz CT molecular complexity index is 673. The van der Waals surface area contributed by atoms with Gasteiger partial charge in [0, 0.05) is 22.8 Å². The maximum atomic E-state index is 10.8. The first kappa shape index (κ1) is 11.5. The molecule has 19 heavy (non-hydrogen) atoms. The molecule has 2 aromatic rings. The number of aldehydes is 1. The summed E-state index contributed by atoms with van der Waals surface area (Å²) < 4.78 is 5.81. The zero-order valence-corrected chi connectivity index (χ0v) is 10.2. The van der Waals surface area contributed by atoms with E-state index in [2.05, 4.69) is 6.58 Å². The van der Waals surface area contributed by atoms with E-state index in [-0.39, 0.29) is 11.9 Å². The van der Waals surface area contributed by atoms with Crippen LogP contribution in [-0.2, 0) is 0 Å². The Morgan fingerprint density at radius 2 is 2.05 bits per heavy atom. The summed E-state index contributed by atoms with van der Waals surface area (Å²) >= 11 is 0. The van der Waals surface area contributed by atoms with Gasteiger partial charge in [-0.15, -0.1) is 0 Å². The number of aromatic hydroxyl groups is 1. The van der Waals surface area contributed by atoms with Gasteiger partial charge in [0.15, 0.2) is 0 Å². The van der Waals surface area contributed by atoms with Crippen LogP contribution < -0.4 is 4.74 Å². The minimum Gasteiger partial charge on any atom is -0.508 e. The van der Waals surface area contributed by atoms with Crippen LogP contribution in [0.2, 0.25) is 0 Å². The van der Waals surface area contributed by atoms with Gasteiger partial charge in [0.1, 0.15) is 23.9 Å². The van der Waals surface area contributed by atoms with Crippen molar-refractivity contribution in [1.82, 2.24) is 0 Å². The fraction of sp³-hybridized carbons (Fsp3) is 0.0625. The number of fused-ring (bicyclic) bond motifs is 1. The Labute approximate surface area is 110 Å². The Hall–Kier alpha value is -2.55. The standard InChI is InChI=1S/C16H12O3/c1-10-14-6-5-13(18)8-15(14)19-16(10)12-4-2-3-11(7-12)9-17/h2-9,16,18H,1H2. The molecule has 0 radical (unpaired) electrons. The van der Waals surface area contributed by atoms with Crippen molar-refractivity contribution in [2.75, 3.05) is 0 Å². The second-order valence-electron chi connectivity index (χ2n) is 4.49. The van der Waals surface area contributed by atoms with Crippen molar-refractivity contribution in [2.45, 2.75) is 6.10 Å². The Morgan fingerprint density at radius 1 is 1.21 bits per heavy atom. The minimum absolute atomic E-state index is 0.161. The quantitative estimate of drug-likeness (QED) is 0.834. The van der Waals surface area contributed by atoms with E-state index in [0.717, 1.165) is 23.0 Å². The van der Waals surface area contributed by atoms with Gasteiger partial charge in [0.25, 0.3) is 0 Å². The summed E-state index contributed by atoms with van der Waals surface area (Å²) in [5.74, 6) is 0.778. The van der Waals surface area contributed by atoms with E-state index in [1.165, 1.54) is 0 Å². The third-order valence-corrected chi connectivity index (χ3v) is 3.22. The molecule has 0 spiro atoms.